The van der Waals surface area contributed by atoms with Crippen molar-refractivity contribution in [2.75, 3.05) is 12.4 Å². The Morgan fingerprint density at radius 1 is 1.04 bits per heavy atom. The predicted molar refractivity (Wildman–Crippen MR) is 97.9 cm³/mol. The van der Waals surface area contributed by atoms with Crippen LogP contribution in [0.25, 0.3) is 0 Å². The van der Waals surface area contributed by atoms with Gasteiger partial charge in [-0.3, -0.25) is 0 Å². The summed E-state index contributed by atoms with van der Waals surface area (Å²) < 4.78 is 30.3. The van der Waals surface area contributed by atoms with Crippen LogP contribution in [0, 0.1) is 0 Å². The average molecular weight is 359 g/mol. The minimum absolute atomic E-state index is 0.0448. The Morgan fingerprint density at radius 2 is 1.64 bits per heavy atom. The largest absolute Gasteiger partial charge is 0.465 e. The summed E-state index contributed by atoms with van der Waals surface area (Å²) in [7, 11) is -2.85. The lowest BCUT2D eigenvalue weighted by Crippen LogP contribution is -2.17. The fourth-order valence-electron chi connectivity index (χ4n) is 2.19. The molecule has 5 nitrogen and oxygen atoms in total. The molecule has 2 aromatic carbocycles. The Labute approximate surface area is 148 Å². The van der Waals surface area contributed by atoms with Crippen molar-refractivity contribution in [3.8, 4) is 0 Å². The van der Waals surface area contributed by atoms with Crippen LogP contribution in [0.15, 0.2) is 70.6 Å². The maximum absolute atomic E-state index is 12.8. The van der Waals surface area contributed by atoms with Crippen molar-refractivity contribution >= 4 is 21.5 Å². The topological polar surface area (TPSA) is 72.5 Å². The zero-order valence-electron chi connectivity index (χ0n) is 14.4. The minimum Gasteiger partial charge on any atom is -0.465 e. The Hall–Kier alpha value is -2.60. The SMILES string of the molecule is COC(=O)/C(=C/Nc1ccccc1)S(=O)(=O)c1ccc(C(C)C)cc1. The third-order valence-electron chi connectivity index (χ3n) is 3.68. The highest BCUT2D eigenvalue weighted by molar-refractivity contribution is 7.96. The van der Waals surface area contributed by atoms with Gasteiger partial charge in [-0.05, 0) is 35.7 Å². The second-order valence-corrected chi connectivity index (χ2v) is 7.66. The first-order chi connectivity index (χ1) is 11.9. The zero-order chi connectivity index (χ0) is 18.4. The summed E-state index contributed by atoms with van der Waals surface area (Å²) in [6, 6.07) is 15.5. The molecule has 2 rings (SSSR count). The number of carbonyl (C=O) groups excluding carboxylic acids is 1. The third kappa shape index (κ3) is 4.48. The van der Waals surface area contributed by atoms with Crippen LogP contribution in [0.1, 0.15) is 25.3 Å². The van der Waals surface area contributed by atoms with Crippen LogP contribution in [-0.4, -0.2) is 21.5 Å². The van der Waals surface area contributed by atoms with E-state index in [4.69, 9.17) is 0 Å². The summed E-state index contributed by atoms with van der Waals surface area (Å²) in [5.74, 6) is -0.636. The molecule has 0 aliphatic heterocycles. The van der Waals surface area contributed by atoms with Gasteiger partial charge in [0, 0.05) is 11.9 Å². The molecule has 0 fully saturated rings. The number of methoxy groups -OCH3 is 1. The van der Waals surface area contributed by atoms with Gasteiger partial charge in [0.2, 0.25) is 9.84 Å². The van der Waals surface area contributed by atoms with E-state index in [1.807, 2.05) is 19.9 Å². The molecule has 0 heterocycles. The van der Waals surface area contributed by atoms with E-state index >= 15 is 0 Å². The molecule has 0 aliphatic rings. The van der Waals surface area contributed by atoms with Crippen LogP contribution < -0.4 is 5.32 Å². The van der Waals surface area contributed by atoms with Crippen molar-refractivity contribution in [1.82, 2.24) is 0 Å². The van der Waals surface area contributed by atoms with Gasteiger partial charge in [0.25, 0.3) is 0 Å². The van der Waals surface area contributed by atoms with Crippen LogP contribution in [0.3, 0.4) is 0 Å². The van der Waals surface area contributed by atoms with E-state index in [-0.39, 0.29) is 10.8 Å². The van der Waals surface area contributed by atoms with E-state index in [9.17, 15) is 13.2 Å². The molecule has 2 aromatic rings. The van der Waals surface area contributed by atoms with Gasteiger partial charge < -0.3 is 10.1 Å². The number of anilines is 1. The molecule has 0 saturated carbocycles. The summed E-state index contributed by atoms with van der Waals surface area (Å²) in [4.78, 5) is 11.6. The fraction of sp³-hybridized carbons (Fsp3) is 0.211. The van der Waals surface area contributed by atoms with Crippen molar-refractivity contribution in [2.24, 2.45) is 0 Å². The van der Waals surface area contributed by atoms with Crippen LogP contribution >= 0.6 is 0 Å². The van der Waals surface area contributed by atoms with Gasteiger partial charge in [0.15, 0.2) is 4.91 Å². The van der Waals surface area contributed by atoms with E-state index in [1.165, 1.54) is 12.1 Å². The maximum atomic E-state index is 12.8. The lowest BCUT2D eigenvalue weighted by atomic mass is 10.0. The fourth-order valence-corrected chi connectivity index (χ4v) is 3.45. The monoisotopic (exact) mass is 359 g/mol. The van der Waals surface area contributed by atoms with Crippen molar-refractivity contribution < 1.29 is 17.9 Å². The lowest BCUT2D eigenvalue weighted by molar-refractivity contribution is -0.135. The second kappa shape index (κ2) is 7.98. The molecule has 132 valence electrons. The Bertz CT molecular complexity index is 854. The quantitative estimate of drug-likeness (QED) is 0.629. The number of rotatable bonds is 6. The summed E-state index contributed by atoms with van der Waals surface area (Å²) in [5, 5.41) is 2.82. The predicted octanol–water partition coefficient (Wildman–Crippen LogP) is 3.71. The van der Waals surface area contributed by atoms with Gasteiger partial charge in [-0.15, -0.1) is 0 Å². The highest BCUT2D eigenvalue weighted by Crippen LogP contribution is 2.23. The summed E-state index contributed by atoms with van der Waals surface area (Å²) >= 11 is 0. The number of benzene rings is 2. The van der Waals surface area contributed by atoms with Crippen molar-refractivity contribution in [1.29, 1.82) is 0 Å². The molecule has 6 heteroatoms. The van der Waals surface area contributed by atoms with Crippen LogP contribution in [0.2, 0.25) is 0 Å². The summed E-state index contributed by atoms with van der Waals surface area (Å²) in [5.41, 5.74) is 1.68. The smallest absolute Gasteiger partial charge is 0.351 e. The Balaban J connectivity index is 2.40. The average Bonchev–Trinajstić information content (AvgIpc) is 2.62. The lowest BCUT2D eigenvalue weighted by Gasteiger charge is -2.10. The normalized spacial score (nSPS) is 12.1. The molecule has 0 atom stereocenters. The molecule has 0 spiro atoms. The first-order valence-corrected chi connectivity index (χ1v) is 9.29. The minimum atomic E-state index is -4.00. The van der Waals surface area contributed by atoms with Gasteiger partial charge in [-0.1, -0.05) is 44.2 Å². The standard InChI is InChI=1S/C19H21NO4S/c1-14(2)15-9-11-17(12-10-15)25(22,23)18(19(21)24-3)13-20-16-7-5-4-6-8-16/h4-14,20H,1-3H3/b18-13-. The van der Waals surface area contributed by atoms with E-state index in [0.717, 1.165) is 18.9 Å². The molecule has 0 radical (unpaired) electrons. The van der Waals surface area contributed by atoms with Crippen molar-refractivity contribution in [3.05, 3.63) is 71.3 Å². The first-order valence-electron chi connectivity index (χ1n) is 7.81. The third-order valence-corrected chi connectivity index (χ3v) is 5.43. The van der Waals surface area contributed by atoms with E-state index < -0.39 is 20.7 Å². The van der Waals surface area contributed by atoms with Gasteiger partial charge >= 0.3 is 5.97 Å². The molecule has 0 bridgehead atoms. The van der Waals surface area contributed by atoms with Crippen molar-refractivity contribution in [3.63, 3.8) is 0 Å². The zero-order valence-corrected chi connectivity index (χ0v) is 15.2. The van der Waals surface area contributed by atoms with Gasteiger partial charge in [0.05, 0.1) is 12.0 Å². The number of nitrogens with one attached hydrogen (secondary N) is 1. The first kappa shape index (κ1) is 18.7. The summed E-state index contributed by atoms with van der Waals surface area (Å²) in [6.45, 7) is 4.04. The Morgan fingerprint density at radius 3 is 2.16 bits per heavy atom. The maximum Gasteiger partial charge on any atom is 0.351 e. The molecule has 0 aliphatic carbocycles. The van der Waals surface area contributed by atoms with E-state index in [0.29, 0.717) is 5.69 Å². The number of hydrogen-bond donors (Lipinski definition) is 1. The van der Waals surface area contributed by atoms with Gasteiger partial charge in [-0.2, -0.15) is 0 Å². The van der Waals surface area contributed by atoms with Crippen molar-refractivity contribution in [2.45, 2.75) is 24.7 Å². The molecule has 0 aromatic heterocycles. The molecule has 0 saturated heterocycles. The molecular formula is C19H21NO4S. The molecular weight excluding hydrogens is 338 g/mol. The number of esters is 1. The van der Waals surface area contributed by atoms with Gasteiger partial charge in [0.1, 0.15) is 0 Å². The highest BCUT2D eigenvalue weighted by atomic mass is 32.2. The molecule has 25 heavy (non-hydrogen) atoms. The summed E-state index contributed by atoms with van der Waals surface area (Å²) in [6.07, 6.45) is 1.16. The van der Waals surface area contributed by atoms with Crippen LogP contribution in [0.4, 0.5) is 5.69 Å². The molecule has 1 N–H and O–H groups in total. The number of sulfone groups is 1. The molecule has 0 unspecified atom stereocenters. The number of ether oxygens (including phenoxy) is 1. The van der Waals surface area contributed by atoms with E-state index in [2.05, 4.69) is 10.1 Å². The van der Waals surface area contributed by atoms with Crippen LogP contribution in [0.5, 0.6) is 0 Å². The Kier molecular flexibility index (Phi) is 5.98. The number of hydrogen-bond acceptors (Lipinski definition) is 5. The van der Waals surface area contributed by atoms with E-state index in [1.54, 1.807) is 36.4 Å². The molecule has 0 amide bonds. The van der Waals surface area contributed by atoms with Gasteiger partial charge in [-0.25, -0.2) is 13.2 Å². The number of para-hydroxylation sites is 1. The highest BCUT2D eigenvalue weighted by Gasteiger charge is 2.28. The second-order valence-electron chi connectivity index (χ2n) is 5.74. The number of carbonyl (C=O) groups is 1. The van der Waals surface area contributed by atoms with Crippen LogP contribution in [-0.2, 0) is 19.4 Å².